The molecule has 1 fully saturated rings. The highest BCUT2D eigenvalue weighted by Gasteiger charge is 2.27. The summed E-state index contributed by atoms with van der Waals surface area (Å²) >= 11 is 0. The molecule has 3 nitrogen and oxygen atoms in total. The first kappa shape index (κ1) is 11.0. The molecule has 1 saturated heterocycles. The van der Waals surface area contributed by atoms with Crippen LogP contribution < -0.4 is 5.32 Å². The maximum Gasteiger partial charge on any atom is 0.0484 e. The second-order valence-corrected chi connectivity index (χ2v) is 4.76. The van der Waals surface area contributed by atoms with Crippen LogP contribution in [0, 0.1) is 11.8 Å². The van der Waals surface area contributed by atoms with Gasteiger partial charge < -0.3 is 15.5 Å². The van der Waals surface area contributed by atoms with E-state index in [1.165, 1.54) is 30.5 Å². The van der Waals surface area contributed by atoms with Crippen molar-refractivity contribution in [3.8, 4) is 0 Å². The van der Waals surface area contributed by atoms with Crippen LogP contribution in [0.4, 0.5) is 0 Å². The van der Waals surface area contributed by atoms with Crippen LogP contribution in [0.1, 0.15) is 32.1 Å². The molecular weight excluding hydrogens is 190 g/mol. The third-order valence-electron chi connectivity index (χ3n) is 3.68. The van der Waals surface area contributed by atoms with Crippen LogP contribution in [0.25, 0.3) is 0 Å². The predicted molar refractivity (Wildman–Crippen MR) is 59.3 cm³/mol. The molecule has 3 N–H and O–H groups in total. The molecule has 0 aromatic heterocycles. The molecule has 0 spiro atoms. The second-order valence-electron chi connectivity index (χ2n) is 4.76. The zero-order valence-corrected chi connectivity index (χ0v) is 9.21. The van der Waals surface area contributed by atoms with E-state index >= 15 is 0 Å². The van der Waals surface area contributed by atoms with Crippen molar-refractivity contribution in [2.45, 2.75) is 32.1 Å². The van der Waals surface area contributed by atoms with Crippen molar-refractivity contribution >= 4 is 0 Å². The van der Waals surface area contributed by atoms with Gasteiger partial charge in [-0.25, -0.2) is 0 Å². The molecule has 1 aliphatic heterocycles. The zero-order chi connectivity index (χ0) is 10.7. The van der Waals surface area contributed by atoms with E-state index in [9.17, 15) is 0 Å². The molecule has 0 amide bonds. The first-order valence-corrected chi connectivity index (χ1v) is 6.02. The van der Waals surface area contributed by atoms with E-state index in [0.29, 0.717) is 0 Å². The van der Waals surface area contributed by atoms with E-state index < -0.39 is 0 Å². The van der Waals surface area contributed by atoms with Gasteiger partial charge in [0.15, 0.2) is 0 Å². The largest absolute Gasteiger partial charge is 0.396 e. The minimum atomic E-state index is 0.0358. The van der Waals surface area contributed by atoms with Crippen LogP contribution in [-0.4, -0.2) is 30.0 Å². The van der Waals surface area contributed by atoms with Crippen LogP contribution >= 0.6 is 0 Å². The Balaban J connectivity index is 2.05. The van der Waals surface area contributed by atoms with Gasteiger partial charge >= 0.3 is 0 Å². The van der Waals surface area contributed by atoms with Crippen LogP contribution in [0.3, 0.4) is 0 Å². The second kappa shape index (κ2) is 4.99. The Morgan fingerprint density at radius 1 is 1.27 bits per heavy atom. The molecule has 1 aliphatic carbocycles. The molecule has 0 saturated carbocycles. The molecule has 1 unspecified atom stereocenters. The molecule has 1 heterocycles. The van der Waals surface area contributed by atoms with Gasteiger partial charge in [-0.15, -0.1) is 0 Å². The van der Waals surface area contributed by atoms with Crippen LogP contribution in [-0.2, 0) is 0 Å². The first-order chi connectivity index (χ1) is 7.35. The summed E-state index contributed by atoms with van der Waals surface area (Å²) in [5, 5.41) is 21.7. The Hall–Kier alpha value is -0.540. The molecule has 3 heteroatoms. The number of nitrogens with one attached hydrogen (secondary N) is 1. The number of aliphatic hydroxyl groups is 2. The van der Waals surface area contributed by atoms with E-state index in [1.807, 2.05) is 0 Å². The summed E-state index contributed by atoms with van der Waals surface area (Å²) in [5.41, 5.74) is 2.89. The quantitative estimate of drug-likeness (QED) is 0.651. The van der Waals surface area contributed by atoms with Gasteiger partial charge in [-0.2, -0.15) is 0 Å². The lowest BCUT2D eigenvalue weighted by Gasteiger charge is -2.25. The van der Waals surface area contributed by atoms with Crippen molar-refractivity contribution in [1.82, 2.24) is 5.32 Å². The summed E-state index contributed by atoms with van der Waals surface area (Å²) in [5.74, 6) is 0.778. The zero-order valence-electron chi connectivity index (χ0n) is 9.21. The van der Waals surface area contributed by atoms with Crippen molar-refractivity contribution in [2.75, 3.05) is 19.8 Å². The Morgan fingerprint density at radius 3 is 2.80 bits per heavy atom. The SMILES string of the molecule is OCC(CO)CC1=C2NCCC2CCC1. The third kappa shape index (κ3) is 2.34. The fraction of sp³-hybridized carbons (Fsp3) is 0.833. The van der Waals surface area contributed by atoms with E-state index in [-0.39, 0.29) is 19.1 Å². The Labute approximate surface area is 91.2 Å². The van der Waals surface area contributed by atoms with Gasteiger partial charge in [-0.3, -0.25) is 0 Å². The molecule has 0 aromatic carbocycles. The number of hydrogen-bond donors (Lipinski definition) is 3. The van der Waals surface area contributed by atoms with Gasteiger partial charge in [0.25, 0.3) is 0 Å². The summed E-state index contributed by atoms with van der Waals surface area (Å²) in [6, 6.07) is 0. The average Bonchev–Trinajstić information content (AvgIpc) is 2.74. The van der Waals surface area contributed by atoms with Crippen molar-refractivity contribution in [3.05, 3.63) is 11.3 Å². The predicted octanol–water partition coefficient (Wildman–Crippen LogP) is 1.02. The molecule has 0 radical (unpaired) electrons. The molecule has 0 bridgehead atoms. The first-order valence-electron chi connectivity index (χ1n) is 6.02. The van der Waals surface area contributed by atoms with Crippen LogP contribution in [0.2, 0.25) is 0 Å². The molecule has 0 aromatic rings. The smallest absolute Gasteiger partial charge is 0.0484 e. The van der Waals surface area contributed by atoms with E-state index in [1.54, 1.807) is 0 Å². The molecule has 86 valence electrons. The standard InChI is InChI=1S/C12H21NO2/c14-7-9(8-15)6-11-3-1-2-10-4-5-13-12(10)11/h9-10,13-15H,1-8H2. The fourth-order valence-corrected chi connectivity index (χ4v) is 2.82. The number of allylic oxidation sites excluding steroid dienone is 2. The highest BCUT2D eigenvalue weighted by Crippen LogP contribution is 2.36. The monoisotopic (exact) mass is 211 g/mol. The summed E-state index contributed by atoms with van der Waals surface area (Å²) < 4.78 is 0. The van der Waals surface area contributed by atoms with Crippen molar-refractivity contribution < 1.29 is 10.2 Å². The number of aliphatic hydroxyl groups excluding tert-OH is 2. The molecule has 1 atom stereocenters. The van der Waals surface area contributed by atoms with Gasteiger partial charge in [0.05, 0.1) is 0 Å². The summed E-state index contributed by atoms with van der Waals surface area (Å²) in [6.45, 7) is 1.29. The van der Waals surface area contributed by atoms with E-state index in [0.717, 1.165) is 25.3 Å². The Bertz CT molecular complexity index is 246. The topological polar surface area (TPSA) is 52.5 Å². The lowest BCUT2D eigenvalue weighted by Crippen LogP contribution is -2.19. The van der Waals surface area contributed by atoms with Crippen molar-refractivity contribution in [2.24, 2.45) is 11.8 Å². The van der Waals surface area contributed by atoms with Crippen molar-refractivity contribution in [3.63, 3.8) is 0 Å². The molecule has 15 heavy (non-hydrogen) atoms. The van der Waals surface area contributed by atoms with E-state index in [2.05, 4.69) is 5.32 Å². The summed E-state index contributed by atoms with van der Waals surface area (Å²) in [7, 11) is 0. The lowest BCUT2D eigenvalue weighted by atomic mass is 9.84. The average molecular weight is 211 g/mol. The van der Waals surface area contributed by atoms with Gasteiger partial charge in [0.2, 0.25) is 0 Å². The highest BCUT2D eigenvalue weighted by molar-refractivity contribution is 5.22. The highest BCUT2D eigenvalue weighted by atomic mass is 16.3. The van der Waals surface area contributed by atoms with E-state index in [4.69, 9.17) is 10.2 Å². The lowest BCUT2D eigenvalue weighted by molar-refractivity contribution is 0.148. The van der Waals surface area contributed by atoms with Gasteiger partial charge in [0, 0.05) is 37.3 Å². The minimum Gasteiger partial charge on any atom is -0.396 e. The Morgan fingerprint density at radius 2 is 2.07 bits per heavy atom. The fourth-order valence-electron chi connectivity index (χ4n) is 2.82. The number of fused-ring (bicyclic) bond motifs is 1. The van der Waals surface area contributed by atoms with Gasteiger partial charge in [-0.1, -0.05) is 5.57 Å². The molecule has 2 rings (SSSR count). The maximum atomic E-state index is 9.09. The number of hydrogen-bond acceptors (Lipinski definition) is 3. The normalized spacial score (nSPS) is 25.7. The summed E-state index contributed by atoms with van der Waals surface area (Å²) in [4.78, 5) is 0. The molecular formula is C12H21NO2. The van der Waals surface area contributed by atoms with Crippen LogP contribution in [0.5, 0.6) is 0 Å². The van der Waals surface area contributed by atoms with Crippen LogP contribution in [0.15, 0.2) is 11.3 Å². The minimum absolute atomic E-state index is 0.0358. The number of rotatable bonds is 4. The molecule has 2 aliphatic rings. The third-order valence-corrected chi connectivity index (χ3v) is 3.68. The van der Waals surface area contributed by atoms with Gasteiger partial charge in [-0.05, 0) is 32.1 Å². The van der Waals surface area contributed by atoms with Crippen molar-refractivity contribution in [1.29, 1.82) is 0 Å². The van der Waals surface area contributed by atoms with Gasteiger partial charge in [0.1, 0.15) is 0 Å². The maximum absolute atomic E-state index is 9.09. The Kier molecular flexibility index (Phi) is 3.65. The summed E-state index contributed by atoms with van der Waals surface area (Å²) in [6.07, 6.45) is 5.87.